The first-order valence-corrected chi connectivity index (χ1v) is 7.75. The largest absolute Gasteiger partial charge is 0.445 e. The molecule has 23 heavy (non-hydrogen) atoms. The Labute approximate surface area is 133 Å². The van der Waals surface area contributed by atoms with Gasteiger partial charge in [0, 0.05) is 23.9 Å². The minimum atomic E-state index is -0.359. The van der Waals surface area contributed by atoms with Crippen LogP contribution in [-0.2, 0) is 16.1 Å². The molecule has 1 aromatic carbocycles. The lowest BCUT2D eigenvalue weighted by molar-refractivity contribution is -0.119. The Morgan fingerprint density at radius 3 is 2.48 bits per heavy atom. The van der Waals surface area contributed by atoms with Crippen molar-refractivity contribution in [2.75, 3.05) is 13.1 Å². The maximum Gasteiger partial charge on any atom is 0.410 e. The first kappa shape index (κ1) is 15.4. The second-order valence-electron chi connectivity index (χ2n) is 5.99. The zero-order valence-electron chi connectivity index (χ0n) is 12.7. The summed E-state index contributed by atoms with van der Waals surface area (Å²) in [6.45, 7) is 1.42. The fraction of sp³-hybridized carbons (Fsp3) is 0.500. The molecule has 0 bridgehead atoms. The van der Waals surface area contributed by atoms with Crippen LogP contribution in [0.2, 0.25) is 0 Å². The van der Waals surface area contributed by atoms with Crippen molar-refractivity contribution in [3.63, 3.8) is 0 Å². The van der Waals surface area contributed by atoms with Crippen molar-refractivity contribution < 1.29 is 14.3 Å². The minimum Gasteiger partial charge on any atom is -0.445 e. The van der Waals surface area contributed by atoms with E-state index in [2.05, 4.69) is 10.0 Å². The summed E-state index contributed by atoms with van der Waals surface area (Å²) in [7, 11) is 0. The second-order valence-corrected chi connectivity index (χ2v) is 5.99. The number of carbonyl (C=O) groups is 2. The molecule has 0 radical (unpaired) electrons. The number of azide groups is 1. The predicted octanol–water partition coefficient (Wildman–Crippen LogP) is 3.12. The van der Waals surface area contributed by atoms with Gasteiger partial charge in [0.1, 0.15) is 6.61 Å². The van der Waals surface area contributed by atoms with Gasteiger partial charge in [0.25, 0.3) is 0 Å². The van der Waals surface area contributed by atoms with Crippen LogP contribution in [0.5, 0.6) is 0 Å². The summed E-state index contributed by atoms with van der Waals surface area (Å²) < 4.78 is 5.34. The topological polar surface area (TPSA) is 95.4 Å². The molecular formula is C16H18N4O3. The number of fused-ring (bicyclic) bond motifs is 1. The quantitative estimate of drug-likeness (QED) is 0.487. The maximum absolute atomic E-state index is 12.1. The van der Waals surface area contributed by atoms with Gasteiger partial charge in [-0.2, -0.15) is 0 Å². The number of nitrogens with zero attached hydrogens (tertiary/aromatic N) is 4. The van der Waals surface area contributed by atoms with Gasteiger partial charge in [-0.15, -0.1) is 0 Å². The zero-order chi connectivity index (χ0) is 16.2. The minimum absolute atomic E-state index is 0.145. The molecule has 2 unspecified atom stereocenters. The fourth-order valence-corrected chi connectivity index (χ4v) is 3.42. The first-order valence-electron chi connectivity index (χ1n) is 7.75. The van der Waals surface area contributed by atoms with E-state index in [9.17, 15) is 9.59 Å². The van der Waals surface area contributed by atoms with Crippen molar-refractivity contribution in [3.05, 3.63) is 46.3 Å². The number of ether oxygens (including phenoxy) is 1. The summed E-state index contributed by atoms with van der Waals surface area (Å²) in [5.41, 5.74) is 9.30. The molecule has 0 aromatic heterocycles. The highest BCUT2D eigenvalue weighted by Crippen LogP contribution is 2.52. The van der Waals surface area contributed by atoms with Gasteiger partial charge in [0.15, 0.2) is 0 Å². The van der Waals surface area contributed by atoms with E-state index in [0.717, 1.165) is 18.4 Å². The molecule has 2 atom stereocenters. The van der Waals surface area contributed by atoms with Crippen molar-refractivity contribution in [1.82, 2.24) is 4.90 Å². The summed E-state index contributed by atoms with van der Waals surface area (Å²) >= 11 is 0. The van der Waals surface area contributed by atoms with Gasteiger partial charge in [0.2, 0.25) is 5.91 Å². The van der Waals surface area contributed by atoms with E-state index in [1.54, 1.807) is 4.90 Å². The highest BCUT2D eigenvalue weighted by atomic mass is 16.6. The van der Waals surface area contributed by atoms with E-state index >= 15 is 0 Å². The third-order valence-electron chi connectivity index (χ3n) is 4.69. The second kappa shape index (κ2) is 6.71. The van der Waals surface area contributed by atoms with E-state index in [0.29, 0.717) is 13.1 Å². The lowest BCUT2D eigenvalue weighted by Gasteiger charge is -2.21. The zero-order valence-corrected chi connectivity index (χ0v) is 12.7. The Morgan fingerprint density at radius 2 is 1.87 bits per heavy atom. The van der Waals surface area contributed by atoms with Gasteiger partial charge >= 0.3 is 6.09 Å². The van der Waals surface area contributed by atoms with E-state index in [4.69, 9.17) is 10.3 Å². The molecule has 1 heterocycles. The molecule has 1 aliphatic carbocycles. The molecule has 0 N–H and O–H groups in total. The van der Waals surface area contributed by atoms with E-state index in [1.807, 2.05) is 30.3 Å². The summed E-state index contributed by atoms with van der Waals surface area (Å²) in [6.07, 6.45) is 1.19. The van der Waals surface area contributed by atoms with Crippen LogP contribution in [0.1, 0.15) is 18.4 Å². The highest BCUT2D eigenvalue weighted by Gasteiger charge is 2.54. The monoisotopic (exact) mass is 314 g/mol. The first-order chi connectivity index (χ1) is 11.2. The number of benzene rings is 1. The predicted molar refractivity (Wildman–Crippen MR) is 82.1 cm³/mol. The van der Waals surface area contributed by atoms with Gasteiger partial charge in [0.05, 0.1) is 0 Å². The molecule has 1 saturated heterocycles. The third-order valence-corrected chi connectivity index (χ3v) is 4.69. The smallest absolute Gasteiger partial charge is 0.410 e. The number of amides is 2. The molecule has 2 fully saturated rings. The van der Waals surface area contributed by atoms with Crippen LogP contribution in [0, 0.1) is 17.8 Å². The van der Waals surface area contributed by atoms with Crippen LogP contribution in [0.3, 0.4) is 0 Å². The summed E-state index contributed by atoms with van der Waals surface area (Å²) in [5, 5.41) is 3.19. The molecule has 7 nitrogen and oxygen atoms in total. The summed E-state index contributed by atoms with van der Waals surface area (Å²) in [4.78, 5) is 28.0. The van der Waals surface area contributed by atoms with Crippen molar-refractivity contribution in [2.24, 2.45) is 22.9 Å². The van der Waals surface area contributed by atoms with Crippen molar-refractivity contribution in [3.8, 4) is 0 Å². The third kappa shape index (κ3) is 3.46. The number of hydrogen-bond acceptors (Lipinski definition) is 3. The Bertz CT molecular complexity index is 628. The van der Waals surface area contributed by atoms with E-state index in [1.165, 1.54) is 0 Å². The fourth-order valence-electron chi connectivity index (χ4n) is 3.42. The Hall–Kier alpha value is -2.53. The standard InChI is InChI=1S/C16H18N4O3/c17-19-18-15(21)14-12-6-8-20(9-7-13(12)14)16(22)23-10-11-4-2-1-3-5-11/h1-5,12-14H,6-10H2. The van der Waals surface area contributed by atoms with Gasteiger partial charge in [-0.25, -0.2) is 4.79 Å². The van der Waals surface area contributed by atoms with Crippen LogP contribution in [0.4, 0.5) is 4.79 Å². The molecule has 0 spiro atoms. The van der Waals surface area contributed by atoms with E-state index < -0.39 is 0 Å². The van der Waals surface area contributed by atoms with Crippen LogP contribution in [0.15, 0.2) is 35.4 Å². The molecular weight excluding hydrogens is 296 g/mol. The van der Waals surface area contributed by atoms with Gasteiger partial charge in [-0.05, 0) is 40.9 Å². The van der Waals surface area contributed by atoms with Gasteiger partial charge in [-0.1, -0.05) is 30.3 Å². The normalized spacial score (nSPS) is 25.6. The lowest BCUT2D eigenvalue weighted by Crippen LogP contribution is -2.33. The Balaban J connectivity index is 1.48. The molecule has 120 valence electrons. The molecule has 1 aromatic rings. The molecule has 2 amide bonds. The molecule has 3 rings (SSSR count). The van der Waals surface area contributed by atoms with Crippen LogP contribution in [0.25, 0.3) is 10.4 Å². The number of likely N-dealkylation sites (tertiary alicyclic amines) is 1. The Kier molecular flexibility index (Phi) is 4.48. The van der Waals surface area contributed by atoms with Crippen LogP contribution >= 0.6 is 0 Å². The van der Waals surface area contributed by atoms with Crippen LogP contribution in [-0.4, -0.2) is 30.0 Å². The highest BCUT2D eigenvalue weighted by molar-refractivity contribution is 5.83. The average molecular weight is 314 g/mol. The Morgan fingerprint density at radius 1 is 1.22 bits per heavy atom. The van der Waals surface area contributed by atoms with Gasteiger partial charge in [-0.3, -0.25) is 4.79 Å². The molecule has 2 aliphatic rings. The average Bonchev–Trinajstić information content (AvgIpc) is 3.29. The number of hydrogen-bond donors (Lipinski definition) is 0. The number of rotatable bonds is 3. The van der Waals surface area contributed by atoms with E-state index in [-0.39, 0.29) is 36.4 Å². The maximum atomic E-state index is 12.1. The lowest BCUT2D eigenvalue weighted by atomic mass is 10.2. The van der Waals surface area contributed by atoms with Crippen LogP contribution < -0.4 is 0 Å². The molecule has 7 heteroatoms. The van der Waals surface area contributed by atoms with Gasteiger partial charge < -0.3 is 9.64 Å². The SMILES string of the molecule is [N-]=[N+]=NC(=O)C1C2CCN(C(=O)OCc3ccccc3)CCC21. The number of carbonyl (C=O) groups excluding carboxylic acids is 2. The summed E-state index contributed by atoms with van der Waals surface area (Å²) in [5.74, 6) is -0.0316. The van der Waals surface area contributed by atoms with Crippen molar-refractivity contribution >= 4 is 12.0 Å². The van der Waals surface area contributed by atoms with Crippen molar-refractivity contribution in [2.45, 2.75) is 19.4 Å². The molecule has 1 saturated carbocycles. The van der Waals surface area contributed by atoms with Crippen molar-refractivity contribution in [1.29, 1.82) is 0 Å². The summed E-state index contributed by atoms with van der Waals surface area (Å²) in [6, 6.07) is 9.56. The molecule has 1 aliphatic heterocycles.